The molecule has 1 fully saturated rings. The van der Waals surface area contributed by atoms with Crippen LogP contribution in [0.3, 0.4) is 0 Å². The van der Waals surface area contributed by atoms with Crippen molar-refractivity contribution in [1.82, 2.24) is 0 Å². The number of hydrogen-bond acceptors (Lipinski definition) is 2. The van der Waals surface area contributed by atoms with Crippen molar-refractivity contribution in [2.75, 3.05) is 5.32 Å². The van der Waals surface area contributed by atoms with Crippen molar-refractivity contribution in [2.45, 2.75) is 37.7 Å². The maximum atomic E-state index is 12.2. The molecule has 2 N–H and O–H groups in total. The molecule has 3 rings (SSSR count). The van der Waals surface area contributed by atoms with Gasteiger partial charge in [-0.2, -0.15) is 0 Å². The Labute approximate surface area is 111 Å². The van der Waals surface area contributed by atoms with E-state index in [4.69, 9.17) is 11.6 Å². The summed E-state index contributed by atoms with van der Waals surface area (Å²) in [5, 5.41) is 14.2. The van der Waals surface area contributed by atoms with Gasteiger partial charge in [0.15, 0.2) is 5.60 Å². The predicted molar refractivity (Wildman–Crippen MR) is 70.6 cm³/mol. The number of benzene rings is 1. The van der Waals surface area contributed by atoms with E-state index in [0.29, 0.717) is 16.3 Å². The molecule has 2 aliphatic rings. The zero-order valence-corrected chi connectivity index (χ0v) is 10.8. The molecule has 1 heterocycles. The Bertz CT molecular complexity index is 497. The molecule has 1 aromatic carbocycles. The average Bonchev–Trinajstić information content (AvgIpc) is 2.63. The van der Waals surface area contributed by atoms with Gasteiger partial charge < -0.3 is 10.4 Å². The second-order valence-electron chi connectivity index (χ2n) is 5.25. The molecule has 1 atom stereocenters. The molecule has 96 valence electrons. The maximum Gasteiger partial charge on any atom is 0.261 e. The highest BCUT2D eigenvalue weighted by molar-refractivity contribution is 6.31. The highest BCUT2D eigenvalue weighted by Gasteiger charge is 2.50. The zero-order chi connectivity index (χ0) is 12.8. The first kappa shape index (κ1) is 12.0. The Morgan fingerprint density at radius 1 is 1.28 bits per heavy atom. The summed E-state index contributed by atoms with van der Waals surface area (Å²) < 4.78 is 0. The minimum atomic E-state index is -1.36. The third-order valence-corrected chi connectivity index (χ3v) is 4.42. The van der Waals surface area contributed by atoms with E-state index in [-0.39, 0.29) is 11.8 Å². The summed E-state index contributed by atoms with van der Waals surface area (Å²) in [6, 6.07) is 5.20. The lowest BCUT2D eigenvalue weighted by Gasteiger charge is -2.33. The first-order valence-electron chi connectivity index (χ1n) is 6.46. The standard InChI is InChI=1S/C14H16ClNO2/c15-10-6-7-11-12(8-10)16-13(17)14(11,18)9-4-2-1-3-5-9/h6-9,18H,1-5H2,(H,16,17). The van der Waals surface area contributed by atoms with Crippen molar-refractivity contribution in [3.05, 3.63) is 28.8 Å². The fraction of sp³-hybridized carbons (Fsp3) is 0.500. The van der Waals surface area contributed by atoms with Gasteiger partial charge in [0.1, 0.15) is 0 Å². The van der Waals surface area contributed by atoms with Crippen molar-refractivity contribution in [3.63, 3.8) is 0 Å². The maximum absolute atomic E-state index is 12.2. The Balaban J connectivity index is 2.03. The highest BCUT2D eigenvalue weighted by atomic mass is 35.5. The van der Waals surface area contributed by atoms with Crippen LogP contribution in [0.25, 0.3) is 0 Å². The van der Waals surface area contributed by atoms with Gasteiger partial charge in [0.2, 0.25) is 0 Å². The molecule has 3 nitrogen and oxygen atoms in total. The topological polar surface area (TPSA) is 49.3 Å². The summed E-state index contributed by atoms with van der Waals surface area (Å²) in [4.78, 5) is 12.2. The fourth-order valence-corrected chi connectivity index (χ4v) is 3.39. The van der Waals surface area contributed by atoms with E-state index in [1.165, 1.54) is 6.42 Å². The molecule has 1 saturated carbocycles. The van der Waals surface area contributed by atoms with Gasteiger partial charge in [0.05, 0.1) is 0 Å². The summed E-state index contributed by atoms with van der Waals surface area (Å²) in [7, 11) is 0. The van der Waals surface area contributed by atoms with Crippen molar-refractivity contribution in [1.29, 1.82) is 0 Å². The third kappa shape index (κ3) is 1.65. The first-order chi connectivity index (χ1) is 8.62. The number of hydrogen-bond donors (Lipinski definition) is 2. The number of rotatable bonds is 1. The Hall–Kier alpha value is -1.06. The van der Waals surface area contributed by atoms with E-state index < -0.39 is 5.60 Å². The van der Waals surface area contributed by atoms with Gasteiger partial charge in [-0.15, -0.1) is 0 Å². The Morgan fingerprint density at radius 3 is 2.72 bits per heavy atom. The number of amides is 1. The molecule has 18 heavy (non-hydrogen) atoms. The monoisotopic (exact) mass is 265 g/mol. The molecular formula is C14H16ClNO2. The number of aliphatic hydroxyl groups is 1. The van der Waals surface area contributed by atoms with Crippen LogP contribution < -0.4 is 5.32 Å². The van der Waals surface area contributed by atoms with Crippen LogP contribution in [0.1, 0.15) is 37.7 Å². The van der Waals surface area contributed by atoms with Crippen LogP contribution in [-0.4, -0.2) is 11.0 Å². The van der Waals surface area contributed by atoms with Gasteiger partial charge in [-0.1, -0.05) is 36.9 Å². The minimum Gasteiger partial charge on any atom is -0.375 e. The molecule has 1 unspecified atom stereocenters. The number of halogens is 1. The van der Waals surface area contributed by atoms with Gasteiger partial charge in [0.25, 0.3) is 5.91 Å². The Kier molecular flexibility index (Phi) is 2.83. The highest BCUT2D eigenvalue weighted by Crippen LogP contribution is 2.46. The number of anilines is 1. The molecule has 0 spiro atoms. The molecule has 1 aromatic rings. The molecule has 0 radical (unpaired) electrons. The van der Waals surface area contributed by atoms with E-state index in [2.05, 4.69) is 5.32 Å². The number of nitrogens with one attached hydrogen (secondary N) is 1. The smallest absolute Gasteiger partial charge is 0.261 e. The summed E-state index contributed by atoms with van der Waals surface area (Å²) in [6.07, 6.45) is 5.19. The predicted octanol–water partition coefficient (Wildman–Crippen LogP) is 3.06. The molecule has 1 amide bonds. The minimum absolute atomic E-state index is 0.0219. The van der Waals surface area contributed by atoms with Crippen LogP contribution in [0.15, 0.2) is 18.2 Å². The van der Waals surface area contributed by atoms with E-state index >= 15 is 0 Å². The van der Waals surface area contributed by atoms with Crippen LogP contribution in [-0.2, 0) is 10.4 Å². The SMILES string of the molecule is O=C1Nc2cc(Cl)ccc2C1(O)C1CCCCC1. The zero-order valence-electron chi connectivity index (χ0n) is 10.1. The quantitative estimate of drug-likeness (QED) is 0.820. The average molecular weight is 266 g/mol. The molecule has 1 aliphatic heterocycles. The number of carbonyl (C=O) groups excluding carboxylic acids is 1. The van der Waals surface area contributed by atoms with E-state index in [1.807, 2.05) is 0 Å². The van der Waals surface area contributed by atoms with Gasteiger partial charge in [0, 0.05) is 22.2 Å². The van der Waals surface area contributed by atoms with E-state index in [9.17, 15) is 9.90 Å². The molecular weight excluding hydrogens is 250 g/mol. The molecule has 4 heteroatoms. The lowest BCUT2D eigenvalue weighted by molar-refractivity contribution is -0.141. The van der Waals surface area contributed by atoms with Gasteiger partial charge in [-0.25, -0.2) is 0 Å². The molecule has 0 saturated heterocycles. The lowest BCUT2D eigenvalue weighted by Crippen LogP contribution is -2.42. The van der Waals surface area contributed by atoms with E-state index in [0.717, 1.165) is 25.7 Å². The summed E-state index contributed by atoms with van der Waals surface area (Å²) in [6.45, 7) is 0. The summed E-state index contributed by atoms with van der Waals surface area (Å²) in [5.74, 6) is -0.277. The van der Waals surface area contributed by atoms with Gasteiger partial charge in [-0.05, 0) is 25.0 Å². The summed E-state index contributed by atoms with van der Waals surface area (Å²) >= 11 is 5.92. The van der Waals surface area contributed by atoms with Crippen LogP contribution >= 0.6 is 11.6 Å². The molecule has 1 aliphatic carbocycles. The van der Waals surface area contributed by atoms with Crippen molar-refractivity contribution in [3.8, 4) is 0 Å². The Morgan fingerprint density at radius 2 is 2.00 bits per heavy atom. The van der Waals surface area contributed by atoms with Crippen molar-refractivity contribution in [2.24, 2.45) is 5.92 Å². The number of carbonyl (C=O) groups is 1. The van der Waals surface area contributed by atoms with Crippen molar-refractivity contribution < 1.29 is 9.90 Å². The lowest BCUT2D eigenvalue weighted by atomic mass is 9.74. The first-order valence-corrected chi connectivity index (χ1v) is 6.84. The van der Waals surface area contributed by atoms with Crippen LogP contribution in [0.5, 0.6) is 0 Å². The van der Waals surface area contributed by atoms with Crippen molar-refractivity contribution >= 4 is 23.2 Å². The molecule has 0 bridgehead atoms. The van der Waals surface area contributed by atoms with E-state index in [1.54, 1.807) is 18.2 Å². The second-order valence-corrected chi connectivity index (χ2v) is 5.68. The molecule has 0 aromatic heterocycles. The van der Waals surface area contributed by atoms with Gasteiger partial charge in [-0.3, -0.25) is 4.79 Å². The largest absolute Gasteiger partial charge is 0.375 e. The van der Waals surface area contributed by atoms with Crippen LogP contribution in [0.4, 0.5) is 5.69 Å². The van der Waals surface area contributed by atoms with Crippen LogP contribution in [0.2, 0.25) is 5.02 Å². The fourth-order valence-electron chi connectivity index (χ4n) is 3.22. The second kappa shape index (κ2) is 4.25. The van der Waals surface area contributed by atoms with Crippen LogP contribution in [0, 0.1) is 5.92 Å². The summed E-state index contributed by atoms with van der Waals surface area (Å²) in [5.41, 5.74) is -0.0234. The third-order valence-electron chi connectivity index (χ3n) is 4.18. The normalized spacial score (nSPS) is 28.0. The number of fused-ring (bicyclic) bond motifs is 1. The van der Waals surface area contributed by atoms with Gasteiger partial charge >= 0.3 is 0 Å².